The van der Waals surface area contributed by atoms with Gasteiger partial charge in [0, 0.05) is 6.07 Å². The molecule has 2 N–H and O–H groups in total. The van der Waals surface area contributed by atoms with Crippen LogP contribution >= 0.6 is 0 Å². The molecule has 2 aromatic heterocycles. The summed E-state index contributed by atoms with van der Waals surface area (Å²) < 4.78 is 38.9. The SMILES string of the molecule is O=C(Nc1ncn(Cc2ccccc2)n1)c1cc(C(F)(F)F)[nH]n1. The minimum absolute atomic E-state index is 0.0208. The molecule has 3 rings (SSSR count). The van der Waals surface area contributed by atoms with E-state index in [-0.39, 0.29) is 5.95 Å². The van der Waals surface area contributed by atoms with Crippen molar-refractivity contribution in [3.63, 3.8) is 0 Å². The minimum Gasteiger partial charge on any atom is -0.288 e. The van der Waals surface area contributed by atoms with Crippen LogP contribution in [0, 0.1) is 0 Å². The summed E-state index contributed by atoms with van der Waals surface area (Å²) in [4.78, 5) is 15.8. The van der Waals surface area contributed by atoms with Crippen LogP contribution in [-0.4, -0.2) is 30.9 Å². The second-order valence-electron chi connectivity index (χ2n) is 4.87. The van der Waals surface area contributed by atoms with Crippen LogP contribution in [0.4, 0.5) is 19.1 Å². The van der Waals surface area contributed by atoms with E-state index in [0.717, 1.165) is 5.56 Å². The highest BCUT2D eigenvalue weighted by atomic mass is 19.4. The molecule has 10 heteroatoms. The van der Waals surface area contributed by atoms with Gasteiger partial charge in [-0.1, -0.05) is 30.3 Å². The molecule has 0 aliphatic carbocycles. The predicted octanol–water partition coefficient (Wildman–Crippen LogP) is 2.32. The van der Waals surface area contributed by atoms with Gasteiger partial charge in [0.15, 0.2) is 5.69 Å². The van der Waals surface area contributed by atoms with Crippen LogP contribution in [-0.2, 0) is 12.7 Å². The molecule has 3 aromatic rings. The van der Waals surface area contributed by atoms with Gasteiger partial charge in [-0.05, 0) is 5.56 Å². The molecule has 124 valence electrons. The fourth-order valence-corrected chi connectivity index (χ4v) is 1.95. The van der Waals surface area contributed by atoms with Crippen molar-refractivity contribution < 1.29 is 18.0 Å². The molecule has 0 saturated carbocycles. The van der Waals surface area contributed by atoms with Crippen molar-refractivity contribution in [1.82, 2.24) is 25.0 Å². The number of benzene rings is 1. The minimum atomic E-state index is -4.60. The number of hydrogen-bond acceptors (Lipinski definition) is 4. The Morgan fingerprint density at radius 3 is 2.67 bits per heavy atom. The summed E-state index contributed by atoms with van der Waals surface area (Å²) in [6, 6.07) is 10.1. The second kappa shape index (κ2) is 6.14. The van der Waals surface area contributed by atoms with Crippen LogP contribution in [0.3, 0.4) is 0 Å². The molecule has 0 spiro atoms. The molecular formula is C14H11F3N6O. The van der Waals surface area contributed by atoms with E-state index >= 15 is 0 Å². The van der Waals surface area contributed by atoms with E-state index < -0.39 is 23.5 Å². The van der Waals surface area contributed by atoms with Crippen LogP contribution < -0.4 is 5.32 Å². The Morgan fingerprint density at radius 1 is 1.25 bits per heavy atom. The molecule has 0 unspecified atom stereocenters. The normalized spacial score (nSPS) is 11.5. The molecule has 0 aliphatic heterocycles. The van der Waals surface area contributed by atoms with Crippen molar-refractivity contribution in [2.75, 3.05) is 5.32 Å². The topological polar surface area (TPSA) is 88.5 Å². The summed E-state index contributed by atoms with van der Waals surface area (Å²) in [5.74, 6) is -0.855. The summed E-state index contributed by atoms with van der Waals surface area (Å²) in [5.41, 5.74) is -0.514. The number of carbonyl (C=O) groups excluding carboxylic acids is 1. The van der Waals surface area contributed by atoms with Gasteiger partial charge in [0.1, 0.15) is 12.0 Å². The molecule has 0 atom stereocenters. The number of nitrogens with zero attached hydrogens (tertiary/aromatic N) is 4. The summed E-state index contributed by atoms with van der Waals surface area (Å²) in [5, 5.41) is 11.4. The maximum absolute atomic E-state index is 12.5. The number of aromatic nitrogens is 5. The number of amides is 1. The van der Waals surface area contributed by atoms with Crippen molar-refractivity contribution in [3.05, 3.63) is 59.7 Å². The van der Waals surface area contributed by atoms with Gasteiger partial charge in [0.25, 0.3) is 5.91 Å². The molecule has 24 heavy (non-hydrogen) atoms. The summed E-state index contributed by atoms with van der Waals surface area (Å²) in [7, 11) is 0. The van der Waals surface area contributed by atoms with Gasteiger partial charge in [-0.3, -0.25) is 15.2 Å². The van der Waals surface area contributed by atoms with E-state index in [1.54, 1.807) is 5.10 Å². The molecule has 7 nitrogen and oxygen atoms in total. The first-order valence-electron chi connectivity index (χ1n) is 6.79. The van der Waals surface area contributed by atoms with E-state index in [4.69, 9.17) is 0 Å². The monoisotopic (exact) mass is 336 g/mol. The van der Waals surface area contributed by atoms with Gasteiger partial charge in [-0.2, -0.15) is 18.3 Å². The van der Waals surface area contributed by atoms with Crippen LogP contribution in [0.2, 0.25) is 0 Å². The summed E-state index contributed by atoms with van der Waals surface area (Å²) in [6.45, 7) is 0.449. The highest BCUT2D eigenvalue weighted by Gasteiger charge is 2.33. The molecule has 0 saturated heterocycles. The van der Waals surface area contributed by atoms with Crippen molar-refractivity contribution in [2.45, 2.75) is 12.7 Å². The zero-order valence-electron chi connectivity index (χ0n) is 12.1. The number of aromatic amines is 1. The predicted molar refractivity (Wildman–Crippen MR) is 77.1 cm³/mol. The lowest BCUT2D eigenvalue weighted by molar-refractivity contribution is -0.141. The summed E-state index contributed by atoms with van der Waals surface area (Å²) >= 11 is 0. The Morgan fingerprint density at radius 2 is 2.00 bits per heavy atom. The molecule has 2 heterocycles. The van der Waals surface area contributed by atoms with Gasteiger partial charge in [0.2, 0.25) is 5.95 Å². The lowest BCUT2D eigenvalue weighted by Crippen LogP contribution is -2.14. The second-order valence-corrected chi connectivity index (χ2v) is 4.87. The Kier molecular flexibility index (Phi) is 4.02. The standard InChI is InChI=1S/C14H11F3N6O/c15-14(16,17)11-6-10(20-21-11)12(24)19-13-18-8-23(22-13)7-9-4-2-1-3-5-9/h1-6,8H,7H2,(H,20,21)(H,19,22,24). The van der Waals surface area contributed by atoms with Gasteiger partial charge >= 0.3 is 6.18 Å². The number of anilines is 1. The van der Waals surface area contributed by atoms with E-state index in [9.17, 15) is 18.0 Å². The third kappa shape index (κ3) is 3.59. The van der Waals surface area contributed by atoms with E-state index in [1.165, 1.54) is 11.0 Å². The smallest absolute Gasteiger partial charge is 0.288 e. The number of carbonyl (C=O) groups is 1. The zero-order chi connectivity index (χ0) is 17.2. The maximum atomic E-state index is 12.5. The van der Waals surface area contributed by atoms with Crippen LogP contribution in [0.25, 0.3) is 0 Å². The van der Waals surface area contributed by atoms with Crippen molar-refractivity contribution >= 4 is 11.9 Å². The van der Waals surface area contributed by atoms with Crippen LogP contribution in [0.5, 0.6) is 0 Å². The Labute approximate surface area is 133 Å². The third-order valence-electron chi connectivity index (χ3n) is 3.07. The number of H-pyrrole nitrogens is 1. The number of nitrogens with one attached hydrogen (secondary N) is 2. The first kappa shape index (κ1) is 15.7. The highest BCUT2D eigenvalue weighted by Crippen LogP contribution is 2.27. The van der Waals surface area contributed by atoms with Crippen molar-refractivity contribution in [3.8, 4) is 0 Å². The molecule has 0 radical (unpaired) electrons. The number of hydrogen-bond donors (Lipinski definition) is 2. The number of alkyl halides is 3. The van der Waals surface area contributed by atoms with Crippen molar-refractivity contribution in [1.29, 1.82) is 0 Å². The molecule has 0 aliphatic rings. The fourth-order valence-electron chi connectivity index (χ4n) is 1.95. The van der Waals surface area contributed by atoms with E-state index in [1.807, 2.05) is 30.3 Å². The van der Waals surface area contributed by atoms with Gasteiger partial charge in [-0.25, -0.2) is 9.67 Å². The Bertz CT molecular complexity index is 840. The van der Waals surface area contributed by atoms with Gasteiger partial charge < -0.3 is 0 Å². The lowest BCUT2D eigenvalue weighted by Gasteiger charge is -2.00. The lowest BCUT2D eigenvalue weighted by atomic mass is 10.2. The van der Waals surface area contributed by atoms with Crippen molar-refractivity contribution in [2.24, 2.45) is 0 Å². The molecule has 0 bridgehead atoms. The van der Waals surface area contributed by atoms with Gasteiger partial charge in [0.05, 0.1) is 6.54 Å². The van der Waals surface area contributed by atoms with E-state index in [0.29, 0.717) is 12.6 Å². The number of halogens is 3. The van der Waals surface area contributed by atoms with Gasteiger partial charge in [-0.15, -0.1) is 5.10 Å². The average Bonchev–Trinajstić information content (AvgIpc) is 3.17. The molecule has 1 aromatic carbocycles. The summed E-state index contributed by atoms with van der Waals surface area (Å²) in [6.07, 6.45) is -3.19. The largest absolute Gasteiger partial charge is 0.432 e. The van der Waals surface area contributed by atoms with Crippen LogP contribution in [0.1, 0.15) is 21.7 Å². The molecule has 1 amide bonds. The quantitative estimate of drug-likeness (QED) is 0.765. The molecule has 0 fully saturated rings. The average molecular weight is 336 g/mol. The Hall–Kier alpha value is -3.17. The highest BCUT2D eigenvalue weighted by molar-refractivity contribution is 6.01. The molecular weight excluding hydrogens is 325 g/mol. The van der Waals surface area contributed by atoms with E-state index in [2.05, 4.69) is 20.5 Å². The zero-order valence-corrected chi connectivity index (χ0v) is 12.1. The third-order valence-corrected chi connectivity index (χ3v) is 3.07. The first-order chi connectivity index (χ1) is 11.4. The first-order valence-corrected chi connectivity index (χ1v) is 6.79. The Balaban J connectivity index is 1.66. The maximum Gasteiger partial charge on any atom is 0.432 e. The fraction of sp³-hybridized carbons (Fsp3) is 0.143. The van der Waals surface area contributed by atoms with Crippen LogP contribution in [0.15, 0.2) is 42.7 Å². The number of rotatable bonds is 4.